The molecular formula is C13H17IN6S2. The van der Waals surface area contributed by atoms with Gasteiger partial charge in [0, 0.05) is 23.2 Å². The molecule has 1 rings (SSSR count). The highest BCUT2D eigenvalue weighted by molar-refractivity contribution is 14.1. The van der Waals surface area contributed by atoms with E-state index in [-0.39, 0.29) is 0 Å². The summed E-state index contributed by atoms with van der Waals surface area (Å²) in [5.41, 5.74) is 7.78. The second-order valence-corrected chi connectivity index (χ2v) is 6.11. The van der Waals surface area contributed by atoms with Crippen molar-refractivity contribution in [2.75, 3.05) is 14.1 Å². The van der Waals surface area contributed by atoms with Gasteiger partial charge in [-0.25, -0.2) is 0 Å². The Labute approximate surface area is 154 Å². The quantitative estimate of drug-likeness (QED) is 0.243. The van der Waals surface area contributed by atoms with E-state index in [2.05, 4.69) is 54.3 Å². The average molecular weight is 448 g/mol. The van der Waals surface area contributed by atoms with Gasteiger partial charge in [0.1, 0.15) is 5.71 Å². The van der Waals surface area contributed by atoms with Gasteiger partial charge in [-0.05, 0) is 66.1 Å². The smallest absolute Gasteiger partial charge is 0.186 e. The van der Waals surface area contributed by atoms with Crippen molar-refractivity contribution in [3.8, 4) is 0 Å². The zero-order chi connectivity index (χ0) is 16.5. The summed E-state index contributed by atoms with van der Waals surface area (Å²) in [7, 11) is 3.45. The maximum absolute atomic E-state index is 5.04. The molecule has 0 fully saturated rings. The van der Waals surface area contributed by atoms with Crippen LogP contribution in [0, 0.1) is 3.57 Å². The van der Waals surface area contributed by atoms with Crippen LogP contribution in [0.3, 0.4) is 0 Å². The predicted octanol–water partition coefficient (Wildman–Crippen LogP) is 1.56. The Kier molecular flexibility index (Phi) is 8.20. The van der Waals surface area contributed by atoms with Crippen LogP contribution >= 0.6 is 47.0 Å². The molecule has 0 aliphatic heterocycles. The number of nitrogens with one attached hydrogen (secondary N) is 4. The molecule has 0 saturated carbocycles. The number of thiocarbonyl (C=S) groups is 2. The highest BCUT2D eigenvalue weighted by Gasteiger charge is 2.09. The Morgan fingerprint density at radius 1 is 0.955 bits per heavy atom. The van der Waals surface area contributed by atoms with E-state index in [1.165, 1.54) is 0 Å². The van der Waals surface area contributed by atoms with E-state index in [1.807, 2.05) is 31.2 Å². The summed E-state index contributed by atoms with van der Waals surface area (Å²) in [6.07, 6.45) is 0. The zero-order valence-corrected chi connectivity index (χ0v) is 16.2. The summed E-state index contributed by atoms with van der Waals surface area (Å²) in [4.78, 5) is 0. The molecule has 1 aromatic rings. The number of hydrazone groups is 2. The third-order valence-corrected chi connectivity index (χ3v) is 3.82. The first-order valence-corrected chi connectivity index (χ1v) is 8.21. The third kappa shape index (κ3) is 6.20. The summed E-state index contributed by atoms with van der Waals surface area (Å²) in [5.74, 6) is 0. The van der Waals surface area contributed by atoms with Gasteiger partial charge >= 0.3 is 0 Å². The number of hydrogen-bond acceptors (Lipinski definition) is 4. The lowest BCUT2D eigenvalue weighted by Gasteiger charge is -2.09. The van der Waals surface area contributed by atoms with Gasteiger partial charge in [0.15, 0.2) is 10.2 Å². The van der Waals surface area contributed by atoms with Gasteiger partial charge in [0.05, 0.1) is 5.71 Å². The number of rotatable bonds is 4. The molecule has 0 radical (unpaired) electrons. The van der Waals surface area contributed by atoms with Crippen LogP contribution in [0.2, 0.25) is 0 Å². The van der Waals surface area contributed by atoms with Gasteiger partial charge in [-0.2, -0.15) is 10.2 Å². The molecule has 22 heavy (non-hydrogen) atoms. The zero-order valence-electron chi connectivity index (χ0n) is 12.4. The van der Waals surface area contributed by atoms with Crippen LogP contribution in [-0.2, 0) is 0 Å². The van der Waals surface area contributed by atoms with Crippen LogP contribution in [0.15, 0.2) is 34.5 Å². The molecule has 0 spiro atoms. The predicted molar refractivity (Wildman–Crippen MR) is 108 cm³/mol. The fourth-order valence-corrected chi connectivity index (χ4v) is 1.82. The molecule has 118 valence electrons. The van der Waals surface area contributed by atoms with E-state index >= 15 is 0 Å². The van der Waals surface area contributed by atoms with E-state index in [9.17, 15) is 0 Å². The summed E-state index contributed by atoms with van der Waals surface area (Å²) in [6.45, 7) is 1.84. The van der Waals surface area contributed by atoms with Gasteiger partial charge in [0.25, 0.3) is 0 Å². The maximum atomic E-state index is 5.04. The van der Waals surface area contributed by atoms with Crippen molar-refractivity contribution in [3.63, 3.8) is 0 Å². The number of nitrogens with zero attached hydrogens (tertiary/aromatic N) is 2. The van der Waals surface area contributed by atoms with E-state index < -0.39 is 0 Å². The van der Waals surface area contributed by atoms with E-state index in [4.69, 9.17) is 24.4 Å². The van der Waals surface area contributed by atoms with Crippen molar-refractivity contribution in [1.29, 1.82) is 0 Å². The van der Waals surface area contributed by atoms with Crippen LogP contribution in [0.25, 0.3) is 0 Å². The summed E-state index contributed by atoms with van der Waals surface area (Å²) < 4.78 is 1.14. The Morgan fingerprint density at radius 2 is 1.45 bits per heavy atom. The van der Waals surface area contributed by atoms with Crippen LogP contribution < -0.4 is 21.5 Å². The summed E-state index contributed by atoms with van der Waals surface area (Å²) in [6, 6.07) is 7.95. The highest BCUT2D eigenvalue weighted by Crippen LogP contribution is 2.09. The lowest BCUT2D eigenvalue weighted by Crippen LogP contribution is -2.32. The Hall–Kier alpha value is -1.33. The SMILES string of the molecule is CNC(=S)NN=C(C)C(=NNC(=S)NC)c1ccc(I)cc1. The van der Waals surface area contributed by atoms with Gasteiger partial charge in [-0.15, -0.1) is 0 Å². The lowest BCUT2D eigenvalue weighted by molar-refractivity contribution is 0.966. The van der Waals surface area contributed by atoms with Crippen molar-refractivity contribution in [2.24, 2.45) is 10.2 Å². The number of halogens is 1. The molecule has 0 atom stereocenters. The van der Waals surface area contributed by atoms with E-state index in [0.717, 1.165) is 9.13 Å². The van der Waals surface area contributed by atoms with Gasteiger partial charge < -0.3 is 10.6 Å². The van der Waals surface area contributed by atoms with Gasteiger partial charge in [-0.1, -0.05) is 12.1 Å². The van der Waals surface area contributed by atoms with Crippen LogP contribution in [0.5, 0.6) is 0 Å². The third-order valence-electron chi connectivity index (χ3n) is 2.51. The molecule has 0 bridgehead atoms. The molecule has 0 amide bonds. The number of hydrogen-bond donors (Lipinski definition) is 4. The lowest BCUT2D eigenvalue weighted by atomic mass is 10.1. The molecular weight excluding hydrogens is 431 g/mol. The molecule has 0 unspecified atom stereocenters. The van der Waals surface area contributed by atoms with Crippen molar-refractivity contribution >= 4 is 68.7 Å². The van der Waals surface area contributed by atoms with Crippen LogP contribution in [0.1, 0.15) is 12.5 Å². The monoisotopic (exact) mass is 448 g/mol. The average Bonchev–Trinajstić information content (AvgIpc) is 2.53. The first kappa shape index (κ1) is 18.7. The van der Waals surface area contributed by atoms with Gasteiger partial charge in [0.2, 0.25) is 0 Å². The Morgan fingerprint density at radius 3 is 1.95 bits per heavy atom. The fourth-order valence-electron chi connectivity index (χ4n) is 1.37. The highest BCUT2D eigenvalue weighted by atomic mass is 127. The minimum absolute atomic E-state index is 0.425. The van der Waals surface area contributed by atoms with Crippen molar-refractivity contribution < 1.29 is 0 Å². The molecule has 6 nitrogen and oxygen atoms in total. The summed E-state index contributed by atoms with van der Waals surface area (Å²) >= 11 is 12.3. The topological polar surface area (TPSA) is 72.8 Å². The molecule has 4 N–H and O–H groups in total. The van der Waals surface area contributed by atoms with E-state index in [0.29, 0.717) is 21.6 Å². The Bertz CT molecular complexity index is 597. The minimum atomic E-state index is 0.425. The normalized spacial score (nSPS) is 11.6. The van der Waals surface area contributed by atoms with Gasteiger partial charge in [-0.3, -0.25) is 10.9 Å². The van der Waals surface area contributed by atoms with Crippen molar-refractivity contribution in [1.82, 2.24) is 21.5 Å². The molecule has 1 aromatic carbocycles. The molecule has 0 heterocycles. The second kappa shape index (κ2) is 9.64. The number of benzene rings is 1. The molecule has 9 heteroatoms. The standard InChI is InChI=1S/C13H17IN6S2/c1-8(17-19-12(21)15-2)11(18-20-13(22)16-3)9-4-6-10(14)7-5-9/h4-7H,1-3H3,(H2,15,19,21)(H2,16,20,22). The second-order valence-electron chi connectivity index (χ2n) is 4.05. The van der Waals surface area contributed by atoms with Crippen molar-refractivity contribution in [2.45, 2.75) is 6.92 Å². The van der Waals surface area contributed by atoms with E-state index in [1.54, 1.807) is 14.1 Å². The first-order valence-electron chi connectivity index (χ1n) is 6.31. The minimum Gasteiger partial charge on any atom is -0.364 e. The van der Waals surface area contributed by atoms with Crippen LogP contribution in [-0.4, -0.2) is 35.7 Å². The molecule has 0 aromatic heterocycles. The van der Waals surface area contributed by atoms with Crippen molar-refractivity contribution in [3.05, 3.63) is 33.4 Å². The molecule has 0 aliphatic carbocycles. The van der Waals surface area contributed by atoms with Crippen LogP contribution in [0.4, 0.5) is 0 Å². The largest absolute Gasteiger partial charge is 0.364 e. The fraction of sp³-hybridized carbons (Fsp3) is 0.231. The molecule has 0 saturated heterocycles. The molecule has 0 aliphatic rings. The maximum Gasteiger partial charge on any atom is 0.186 e. The summed E-state index contributed by atoms with van der Waals surface area (Å²) in [5, 5.41) is 15.0. The Balaban J connectivity index is 3.07. The first-order chi connectivity index (χ1) is 10.5.